The quantitative estimate of drug-likeness (QED) is 0.789. The molecule has 3 atom stereocenters. The average molecular weight is 411 g/mol. The molecule has 1 saturated heterocycles. The van der Waals surface area contributed by atoms with E-state index in [1.165, 1.54) is 29.6 Å². The van der Waals surface area contributed by atoms with E-state index in [-0.39, 0.29) is 45.8 Å². The number of hydrogen-bond acceptors (Lipinski definition) is 6. The maximum absolute atomic E-state index is 13.0. The molecule has 0 spiro atoms. The van der Waals surface area contributed by atoms with Crippen molar-refractivity contribution in [1.29, 1.82) is 0 Å². The molecule has 0 amide bonds. The lowest BCUT2D eigenvalue weighted by atomic mass is 9.98. The van der Waals surface area contributed by atoms with Gasteiger partial charge < -0.3 is 10.5 Å². The van der Waals surface area contributed by atoms with Gasteiger partial charge in [-0.3, -0.25) is 0 Å². The second kappa shape index (κ2) is 7.03. The highest BCUT2D eigenvalue weighted by Gasteiger charge is 2.45. The van der Waals surface area contributed by atoms with Crippen molar-refractivity contribution in [2.45, 2.75) is 28.7 Å². The van der Waals surface area contributed by atoms with Crippen molar-refractivity contribution in [3.05, 3.63) is 18.2 Å². The van der Waals surface area contributed by atoms with E-state index in [0.717, 1.165) is 19.1 Å². The van der Waals surface area contributed by atoms with Crippen LogP contribution in [0.5, 0.6) is 5.75 Å². The Balaban J connectivity index is 0.00000225. The largest absolute Gasteiger partial charge is 0.495 e. The van der Waals surface area contributed by atoms with E-state index >= 15 is 0 Å². The molecule has 25 heavy (non-hydrogen) atoms. The van der Waals surface area contributed by atoms with Crippen LogP contribution >= 0.6 is 12.4 Å². The van der Waals surface area contributed by atoms with Gasteiger partial charge in [-0.15, -0.1) is 12.4 Å². The summed E-state index contributed by atoms with van der Waals surface area (Å²) < 4.78 is 56.2. The maximum Gasteiger partial charge on any atom is 0.246 e. The fourth-order valence-corrected chi connectivity index (χ4v) is 6.13. The zero-order valence-electron chi connectivity index (χ0n) is 14.1. The molecule has 0 bridgehead atoms. The van der Waals surface area contributed by atoms with Crippen molar-refractivity contribution in [2.24, 2.45) is 17.6 Å². The van der Waals surface area contributed by atoms with Crippen molar-refractivity contribution in [3.8, 4) is 5.75 Å². The third-order valence-electron chi connectivity index (χ3n) is 5.06. The molecule has 1 aromatic carbocycles. The number of nitrogens with zero attached hydrogens (tertiary/aromatic N) is 1. The Morgan fingerprint density at radius 3 is 2.40 bits per heavy atom. The van der Waals surface area contributed by atoms with Gasteiger partial charge in [-0.1, -0.05) is 0 Å². The summed E-state index contributed by atoms with van der Waals surface area (Å²) in [5.41, 5.74) is 6.08. The van der Waals surface area contributed by atoms with Crippen LogP contribution in [0.4, 0.5) is 0 Å². The van der Waals surface area contributed by atoms with Gasteiger partial charge in [-0.2, -0.15) is 4.31 Å². The molecule has 1 aromatic rings. The van der Waals surface area contributed by atoms with E-state index in [4.69, 9.17) is 10.5 Å². The molecule has 142 valence electrons. The number of methoxy groups -OCH3 is 1. The van der Waals surface area contributed by atoms with Crippen LogP contribution in [0.25, 0.3) is 0 Å². The van der Waals surface area contributed by atoms with Crippen molar-refractivity contribution in [2.75, 3.05) is 26.5 Å². The topological polar surface area (TPSA) is 107 Å². The van der Waals surface area contributed by atoms with Crippen molar-refractivity contribution in [3.63, 3.8) is 0 Å². The van der Waals surface area contributed by atoms with E-state index in [1.807, 2.05) is 0 Å². The molecule has 7 nitrogen and oxygen atoms in total. The molecule has 10 heteroatoms. The minimum Gasteiger partial charge on any atom is -0.495 e. The molecule has 0 aromatic heterocycles. The van der Waals surface area contributed by atoms with Crippen molar-refractivity contribution < 1.29 is 21.6 Å². The summed E-state index contributed by atoms with van der Waals surface area (Å²) >= 11 is 0. The normalized spacial score (nSPS) is 26.9. The van der Waals surface area contributed by atoms with E-state index < -0.39 is 19.9 Å². The Hall–Kier alpha value is -0.870. The summed E-state index contributed by atoms with van der Waals surface area (Å²) in [6, 6.07) is 3.94. The number of hydrogen-bond donors (Lipinski definition) is 1. The van der Waals surface area contributed by atoms with Crippen LogP contribution in [-0.4, -0.2) is 53.6 Å². The smallest absolute Gasteiger partial charge is 0.246 e. The Morgan fingerprint density at radius 2 is 1.84 bits per heavy atom. The third kappa shape index (κ3) is 3.66. The summed E-state index contributed by atoms with van der Waals surface area (Å²) in [4.78, 5) is -0.153. The Morgan fingerprint density at radius 1 is 1.16 bits per heavy atom. The zero-order valence-corrected chi connectivity index (χ0v) is 16.5. The number of sulfone groups is 1. The molecular formula is C15H23ClN2O5S2. The SMILES string of the molecule is COc1ccc(S(C)(=O)=O)cc1S(=O)(=O)N1CC2CCC(N)C2C1.Cl. The lowest BCUT2D eigenvalue weighted by Gasteiger charge is -2.20. The summed E-state index contributed by atoms with van der Waals surface area (Å²) in [5, 5.41) is 0. The van der Waals surface area contributed by atoms with Crippen LogP contribution in [0.2, 0.25) is 0 Å². The summed E-state index contributed by atoms with van der Waals surface area (Å²) in [7, 11) is -5.99. The van der Waals surface area contributed by atoms with Crippen LogP contribution in [-0.2, 0) is 19.9 Å². The minimum atomic E-state index is -3.84. The number of benzene rings is 1. The first-order valence-corrected chi connectivity index (χ1v) is 11.1. The molecule has 2 N–H and O–H groups in total. The molecule has 2 aliphatic rings. The average Bonchev–Trinajstić information content (AvgIpc) is 3.08. The van der Waals surface area contributed by atoms with Gasteiger partial charge >= 0.3 is 0 Å². The van der Waals surface area contributed by atoms with Gasteiger partial charge in [0.2, 0.25) is 10.0 Å². The molecular weight excluding hydrogens is 388 g/mol. The standard InChI is InChI=1S/C15H22N2O5S2.ClH/c1-22-14-6-4-11(23(2,18)19)7-15(14)24(20,21)17-8-10-3-5-13(16)12(10)9-17;/h4,6-7,10,12-13H,3,5,8-9,16H2,1-2H3;1H. The highest BCUT2D eigenvalue weighted by molar-refractivity contribution is 7.91. The Bertz CT molecular complexity index is 857. The van der Waals surface area contributed by atoms with E-state index in [1.54, 1.807) is 0 Å². The van der Waals surface area contributed by atoms with Gasteiger partial charge in [0.1, 0.15) is 10.6 Å². The van der Waals surface area contributed by atoms with Crippen molar-refractivity contribution in [1.82, 2.24) is 4.31 Å². The first-order valence-electron chi connectivity index (χ1n) is 7.78. The minimum absolute atomic E-state index is 0. The molecule has 1 heterocycles. The second-order valence-electron chi connectivity index (χ2n) is 6.57. The highest BCUT2D eigenvalue weighted by Crippen LogP contribution is 2.40. The highest BCUT2D eigenvalue weighted by atomic mass is 35.5. The Labute approximate surface area is 154 Å². The van der Waals surface area contributed by atoms with Gasteiger partial charge in [0.15, 0.2) is 9.84 Å². The predicted octanol–water partition coefficient (Wildman–Crippen LogP) is 0.878. The summed E-state index contributed by atoms with van der Waals surface area (Å²) in [6.07, 6.45) is 2.90. The van der Waals surface area contributed by atoms with Crippen LogP contribution < -0.4 is 10.5 Å². The van der Waals surface area contributed by atoms with Crippen LogP contribution in [0.15, 0.2) is 28.0 Å². The number of fused-ring (bicyclic) bond motifs is 1. The van der Waals surface area contributed by atoms with Crippen LogP contribution in [0, 0.1) is 11.8 Å². The van der Waals surface area contributed by atoms with Gasteiger partial charge in [-0.25, -0.2) is 16.8 Å². The van der Waals surface area contributed by atoms with Gasteiger partial charge in [0.05, 0.1) is 12.0 Å². The van der Waals surface area contributed by atoms with Gasteiger partial charge in [-0.05, 0) is 42.9 Å². The second-order valence-corrected chi connectivity index (χ2v) is 10.5. The maximum atomic E-state index is 13.0. The molecule has 3 rings (SSSR count). The summed E-state index contributed by atoms with van der Waals surface area (Å²) in [6.45, 7) is 0.799. The van der Waals surface area contributed by atoms with E-state index in [2.05, 4.69) is 0 Å². The van der Waals surface area contributed by atoms with E-state index in [0.29, 0.717) is 13.1 Å². The molecule has 2 fully saturated rings. The Kier molecular flexibility index (Phi) is 5.75. The molecule has 3 unspecified atom stereocenters. The summed E-state index contributed by atoms with van der Waals surface area (Å²) in [5.74, 6) is 0.589. The number of nitrogens with two attached hydrogens (primary N) is 1. The molecule has 1 aliphatic heterocycles. The van der Waals surface area contributed by atoms with Crippen LogP contribution in [0.3, 0.4) is 0 Å². The molecule has 0 radical (unpaired) electrons. The third-order valence-corrected chi connectivity index (χ3v) is 8.02. The number of halogens is 1. The zero-order chi connectivity index (χ0) is 17.7. The fraction of sp³-hybridized carbons (Fsp3) is 0.600. The molecule has 1 saturated carbocycles. The number of ether oxygens (including phenoxy) is 1. The lowest BCUT2D eigenvalue weighted by molar-refractivity contribution is 0.393. The lowest BCUT2D eigenvalue weighted by Crippen LogP contribution is -2.33. The first kappa shape index (κ1) is 20.4. The van der Waals surface area contributed by atoms with Gasteiger partial charge in [0.25, 0.3) is 0 Å². The first-order chi connectivity index (χ1) is 11.1. The van der Waals surface area contributed by atoms with E-state index in [9.17, 15) is 16.8 Å². The fourth-order valence-electron chi connectivity index (χ4n) is 3.69. The monoisotopic (exact) mass is 410 g/mol. The number of rotatable bonds is 4. The van der Waals surface area contributed by atoms with Gasteiger partial charge in [0, 0.05) is 25.4 Å². The number of sulfonamides is 1. The molecule has 1 aliphatic carbocycles. The van der Waals surface area contributed by atoms with Crippen LogP contribution in [0.1, 0.15) is 12.8 Å². The predicted molar refractivity (Wildman–Crippen MR) is 96.3 cm³/mol. The van der Waals surface area contributed by atoms with Crippen molar-refractivity contribution >= 4 is 32.3 Å².